The number of nitrogens with one attached hydrogen (secondary N) is 1. The molecule has 5 nitrogen and oxygen atoms in total. The normalized spacial score (nSPS) is 14.2. The first-order chi connectivity index (χ1) is 14.2. The van der Waals surface area contributed by atoms with Crippen molar-refractivity contribution in [2.24, 2.45) is 0 Å². The number of ketones is 1. The zero-order chi connectivity index (χ0) is 22.3. The summed E-state index contributed by atoms with van der Waals surface area (Å²) in [7, 11) is 3.86. The van der Waals surface area contributed by atoms with Crippen LogP contribution in [-0.4, -0.2) is 53.6 Å². The third-order valence-corrected chi connectivity index (χ3v) is 5.09. The van der Waals surface area contributed by atoms with E-state index in [1.54, 1.807) is 12.3 Å². The molecule has 1 aromatic carbocycles. The summed E-state index contributed by atoms with van der Waals surface area (Å²) in [6, 6.07) is 10.8. The lowest BCUT2D eigenvalue weighted by Gasteiger charge is -2.26. The predicted octanol–water partition coefficient (Wildman–Crippen LogP) is 4.16. The lowest BCUT2D eigenvalue weighted by molar-refractivity contribution is 0.0967. The van der Waals surface area contributed by atoms with Crippen molar-refractivity contribution in [3.63, 3.8) is 0 Å². The van der Waals surface area contributed by atoms with Gasteiger partial charge in [0.15, 0.2) is 5.78 Å². The van der Waals surface area contributed by atoms with Gasteiger partial charge in [-0.3, -0.25) is 9.78 Å². The van der Waals surface area contributed by atoms with Crippen LogP contribution in [0.4, 0.5) is 4.39 Å². The standard InChI is InChI=1S/C24H32FN3O2/c1-6-21(27-17(3)16(2)25)24(30)19-9-7-18(8-10-19)20-11-12-22(26-15-20)23(29)13-14-28(4)5/h7-12,15-16,21,24,27,30H,3,6,13-14H2,1-2,4-5H3/t16?,21-,24-/m1/s1. The Morgan fingerprint density at radius 3 is 2.33 bits per heavy atom. The van der Waals surface area contributed by atoms with Gasteiger partial charge in [-0.1, -0.05) is 43.8 Å². The molecule has 2 N–H and O–H groups in total. The van der Waals surface area contributed by atoms with Gasteiger partial charge < -0.3 is 15.3 Å². The molecule has 0 aliphatic heterocycles. The van der Waals surface area contributed by atoms with Crippen LogP contribution in [0.5, 0.6) is 0 Å². The molecule has 0 radical (unpaired) electrons. The van der Waals surface area contributed by atoms with Crippen LogP contribution in [0, 0.1) is 0 Å². The molecule has 1 aromatic heterocycles. The fourth-order valence-electron chi connectivity index (χ4n) is 3.05. The van der Waals surface area contributed by atoms with E-state index in [4.69, 9.17) is 0 Å². The summed E-state index contributed by atoms with van der Waals surface area (Å²) in [6.45, 7) is 7.72. The Labute approximate surface area is 178 Å². The van der Waals surface area contributed by atoms with Crippen molar-refractivity contribution < 1.29 is 14.3 Å². The van der Waals surface area contributed by atoms with Gasteiger partial charge >= 0.3 is 0 Å². The second kappa shape index (κ2) is 11.0. The molecule has 0 amide bonds. The van der Waals surface area contributed by atoms with E-state index >= 15 is 0 Å². The molecule has 0 bridgehead atoms. The molecule has 0 saturated heterocycles. The second-order valence-corrected chi connectivity index (χ2v) is 7.78. The molecule has 0 spiro atoms. The highest BCUT2D eigenvalue weighted by Crippen LogP contribution is 2.25. The minimum absolute atomic E-state index is 0.0241. The third kappa shape index (κ3) is 6.47. The molecule has 2 rings (SSSR count). The molecule has 1 heterocycles. The summed E-state index contributed by atoms with van der Waals surface area (Å²) < 4.78 is 13.4. The van der Waals surface area contributed by atoms with Gasteiger partial charge in [0.05, 0.1) is 12.1 Å². The summed E-state index contributed by atoms with van der Waals surface area (Å²) >= 11 is 0. The highest BCUT2D eigenvalue weighted by molar-refractivity contribution is 5.94. The van der Waals surface area contributed by atoms with Gasteiger partial charge in [0.25, 0.3) is 0 Å². The first-order valence-corrected chi connectivity index (χ1v) is 10.2. The number of carbonyl (C=O) groups excluding carboxylic acids is 1. The minimum atomic E-state index is -1.18. The van der Waals surface area contributed by atoms with E-state index in [9.17, 15) is 14.3 Å². The number of Topliss-reactive ketones (excluding diaryl/α,β-unsaturated/α-hetero) is 1. The van der Waals surface area contributed by atoms with Crippen molar-refractivity contribution in [2.45, 2.75) is 45.0 Å². The molecular weight excluding hydrogens is 381 g/mol. The third-order valence-electron chi connectivity index (χ3n) is 5.09. The van der Waals surface area contributed by atoms with E-state index in [1.807, 2.05) is 56.3 Å². The fourth-order valence-corrected chi connectivity index (χ4v) is 3.05. The smallest absolute Gasteiger partial charge is 0.182 e. The van der Waals surface area contributed by atoms with E-state index < -0.39 is 12.3 Å². The van der Waals surface area contributed by atoms with Gasteiger partial charge in [-0.15, -0.1) is 0 Å². The zero-order valence-corrected chi connectivity index (χ0v) is 18.2. The van der Waals surface area contributed by atoms with Gasteiger partial charge in [0.1, 0.15) is 11.9 Å². The lowest BCUT2D eigenvalue weighted by Crippen LogP contribution is -2.35. The van der Waals surface area contributed by atoms with Crippen molar-refractivity contribution >= 4 is 5.78 Å². The SMILES string of the molecule is C=C(N[C@H](CC)[C@H](O)c1ccc(-c2ccc(C(=O)CCN(C)C)nc2)cc1)C(C)F. The van der Waals surface area contributed by atoms with Gasteiger partial charge in [-0.05, 0) is 44.6 Å². The Morgan fingerprint density at radius 2 is 1.83 bits per heavy atom. The monoisotopic (exact) mass is 413 g/mol. The van der Waals surface area contributed by atoms with Crippen LogP contribution in [0.25, 0.3) is 11.1 Å². The van der Waals surface area contributed by atoms with E-state index in [2.05, 4.69) is 16.9 Å². The van der Waals surface area contributed by atoms with Crippen molar-refractivity contribution in [1.82, 2.24) is 15.2 Å². The Bertz CT molecular complexity index is 833. The van der Waals surface area contributed by atoms with Gasteiger partial charge in [0.2, 0.25) is 0 Å². The zero-order valence-electron chi connectivity index (χ0n) is 18.2. The van der Waals surface area contributed by atoms with Crippen LogP contribution in [-0.2, 0) is 0 Å². The predicted molar refractivity (Wildman–Crippen MR) is 119 cm³/mol. The quantitative estimate of drug-likeness (QED) is 0.542. The fraction of sp³-hybridized carbons (Fsp3) is 0.417. The summed E-state index contributed by atoms with van der Waals surface area (Å²) in [5.41, 5.74) is 3.30. The highest BCUT2D eigenvalue weighted by Gasteiger charge is 2.21. The summed E-state index contributed by atoms with van der Waals surface area (Å²) in [6.07, 6.45) is 0.791. The first kappa shape index (κ1) is 23.7. The largest absolute Gasteiger partial charge is 0.386 e. The average Bonchev–Trinajstić information content (AvgIpc) is 2.75. The highest BCUT2D eigenvalue weighted by atomic mass is 19.1. The molecule has 1 unspecified atom stereocenters. The molecular formula is C24H32FN3O2. The van der Waals surface area contributed by atoms with E-state index in [1.165, 1.54) is 6.92 Å². The lowest BCUT2D eigenvalue weighted by atomic mass is 9.97. The average molecular weight is 414 g/mol. The van der Waals surface area contributed by atoms with E-state index in [0.717, 1.165) is 16.7 Å². The maximum atomic E-state index is 13.4. The molecule has 3 atom stereocenters. The van der Waals surface area contributed by atoms with Crippen molar-refractivity contribution in [2.75, 3.05) is 20.6 Å². The molecule has 162 valence electrons. The molecule has 2 aromatic rings. The Hall–Kier alpha value is -2.57. The number of rotatable bonds is 11. The molecule has 6 heteroatoms. The van der Waals surface area contributed by atoms with Gasteiger partial charge in [0, 0.05) is 30.4 Å². The van der Waals surface area contributed by atoms with Crippen LogP contribution < -0.4 is 5.32 Å². The number of hydrogen-bond donors (Lipinski definition) is 2. The maximum absolute atomic E-state index is 13.4. The number of allylic oxidation sites excluding steroid dienone is 1. The number of halogens is 1. The van der Waals surface area contributed by atoms with Crippen molar-refractivity contribution in [3.8, 4) is 11.1 Å². The molecule has 0 fully saturated rings. The number of aliphatic hydroxyl groups excluding tert-OH is 1. The van der Waals surface area contributed by atoms with Crippen LogP contribution >= 0.6 is 0 Å². The number of pyridine rings is 1. The summed E-state index contributed by atoms with van der Waals surface area (Å²) in [5.74, 6) is 0.0241. The maximum Gasteiger partial charge on any atom is 0.182 e. The van der Waals surface area contributed by atoms with Crippen LogP contribution in [0.2, 0.25) is 0 Å². The number of nitrogens with zero attached hydrogens (tertiary/aromatic N) is 2. The summed E-state index contributed by atoms with van der Waals surface area (Å²) in [4.78, 5) is 18.5. The topological polar surface area (TPSA) is 65.5 Å². The van der Waals surface area contributed by atoms with E-state index in [0.29, 0.717) is 25.1 Å². The first-order valence-electron chi connectivity index (χ1n) is 10.2. The molecule has 0 aliphatic carbocycles. The Morgan fingerprint density at radius 1 is 1.20 bits per heavy atom. The summed E-state index contributed by atoms with van der Waals surface area (Å²) in [5, 5.41) is 13.7. The molecule has 0 aliphatic rings. The number of hydrogen-bond acceptors (Lipinski definition) is 5. The number of carbonyl (C=O) groups is 1. The van der Waals surface area contributed by atoms with Crippen LogP contribution in [0.1, 0.15) is 48.8 Å². The van der Waals surface area contributed by atoms with Gasteiger partial charge in [-0.25, -0.2) is 4.39 Å². The van der Waals surface area contributed by atoms with Crippen LogP contribution in [0.3, 0.4) is 0 Å². The Balaban J connectivity index is 2.07. The second-order valence-electron chi connectivity index (χ2n) is 7.78. The van der Waals surface area contributed by atoms with Crippen molar-refractivity contribution in [1.29, 1.82) is 0 Å². The number of aromatic nitrogens is 1. The molecule has 30 heavy (non-hydrogen) atoms. The van der Waals surface area contributed by atoms with E-state index in [-0.39, 0.29) is 17.5 Å². The Kier molecular flexibility index (Phi) is 8.69. The van der Waals surface area contributed by atoms with Gasteiger partial charge in [-0.2, -0.15) is 0 Å². The number of alkyl halides is 1. The minimum Gasteiger partial charge on any atom is -0.386 e. The molecule has 0 saturated carbocycles. The van der Waals surface area contributed by atoms with Crippen LogP contribution in [0.15, 0.2) is 54.9 Å². The van der Waals surface area contributed by atoms with Crippen molar-refractivity contribution in [3.05, 3.63) is 66.1 Å². The number of aliphatic hydroxyl groups is 1. The number of benzene rings is 1.